The maximum absolute atomic E-state index is 13.1. The number of nitrogens with zero attached hydrogens (tertiary/aromatic N) is 4. The van der Waals surface area contributed by atoms with Gasteiger partial charge in [-0.1, -0.05) is 66.7 Å². The van der Waals surface area contributed by atoms with E-state index in [1.165, 1.54) is 0 Å². The van der Waals surface area contributed by atoms with E-state index < -0.39 is 0 Å². The van der Waals surface area contributed by atoms with Gasteiger partial charge in [0.15, 0.2) is 5.65 Å². The Balaban J connectivity index is 1.19. The van der Waals surface area contributed by atoms with Gasteiger partial charge in [0.1, 0.15) is 11.9 Å². The number of anilines is 2. The van der Waals surface area contributed by atoms with Crippen molar-refractivity contribution in [1.82, 2.24) is 14.6 Å². The molecule has 2 heterocycles. The van der Waals surface area contributed by atoms with Crippen molar-refractivity contribution in [2.24, 2.45) is 0 Å². The highest BCUT2D eigenvalue weighted by atomic mass is 16.1. The van der Waals surface area contributed by atoms with Gasteiger partial charge in [0.25, 0.3) is 0 Å². The Bertz CT molecular complexity index is 1610. The third-order valence-corrected chi connectivity index (χ3v) is 6.89. The number of nitrogens with one attached hydrogen (secondary N) is 1. The van der Waals surface area contributed by atoms with E-state index in [2.05, 4.69) is 33.6 Å². The summed E-state index contributed by atoms with van der Waals surface area (Å²) in [5.74, 6) is 0.722. The van der Waals surface area contributed by atoms with Crippen molar-refractivity contribution in [3.8, 4) is 17.2 Å². The molecule has 174 valence electrons. The van der Waals surface area contributed by atoms with Gasteiger partial charge in [-0.05, 0) is 53.8 Å². The lowest BCUT2D eigenvalue weighted by Gasteiger charge is -2.14. The van der Waals surface area contributed by atoms with Crippen LogP contribution in [0.1, 0.15) is 29.5 Å². The van der Waals surface area contributed by atoms with Crippen molar-refractivity contribution < 1.29 is 4.79 Å². The number of aromatic nitrogens is 3. The van der Waals surface area contributed by atoms with Crippen LogP contribution in [-0.2, 0) is 16.6 Å². The molecule has 1 aliphatic rings. The zero-order valence-corrected chi connectivity index (χ0v) is 19.6. The number of hydrogen-bond acceptors (Lipinski definition) is 5. The lowest BCUT2D eigenvalue weighted by Crippen LogP contribution is -2.22. The molecule has 3 aromatic carbocycles. The van der Waals surface area contributed by atoms with Crippen LogP contribution in [0, 0.1) is 11.3 Å². The van der Waals surface area contributed by atoms with Gasteiger partial charge in [-0.15, -0.1) is 5.10 Å². The maximum atomic E-state index is 13.1. The molecule has 0 bridgehead atoms. The van der Waals surface area contributed by atoms with Crippen molar-refractivity contribution in [1.29, 1.82) is 5.26 Å². The summed E-state index contributed by atoms with van der Waals surface area (Å²) in [6.45, 7) is 0. The van der Waals surface area contributed by atoms with Crippen LogP contribution in [-0.4, -0.2) is 20.4 Å². The smallest absolute Gasteiger partial charge is 0.247 e. The summed E-state index contributed by atoms with van der Waals surface area (Å²) in [4.78, 5) is 17.6. The van der Waals surface area contributed by atoms with Crippen molar-refractivity contribution in [2.75, 3.05) is 5.32 Å². The largest absolute Gasteiger partial charge is 0.322 e. The fourth-order valence-electron chi connectivity index (χ4n) is 4.70. The van der Waals surface area contributed by atoms with Crippen molar-refractivity contribution in [3.05, 3.63) is 114 Å². The van der Waals surface area contributed by atoms with Gasteiger partial charge >= 0.3 is 0 Å². The van der Waals surface area contributed by atoms with Crippen LogP contribution >= 0.6 is 0 Å². The Hall–Kier alpha value is -4.76. The van der Waals surface area contributed by atoms with E-state index >= 15 is 0 Å². The summed E-state index contributed by atoms with van der Waals surface area (Å²) >= 11 is 0. The van der Waals surface area contributed by atoms with Crippen LogP contribution in [0.15, 0.2) is 97.2 Å². The molecular weight excluding hydrogens is 446 g/mol. The van der Waals surface area contributed by atoms with Gasteiger partial charge in [-0.25, -0.2) is 4.52 Å². The van der Waals surface area contributed by atoms with E-state index in [-0.39, 0.29) is 5.41 Å². The molecule has 0 aliphatic heterocycles. The highest BCUT2D eigenvalue weighted by Gasteiger charge is 2.50. The second-order valence-electron chi connectivity index (χ2n) is 9.18. The standard InChI is InChI=1S/C30H23N5O/c31-19-23-6-4-5-9-26(23)32-29-33-28-15-14-24(20-35(28)34-29)22-12-10-21(11-13-22)18-27(36)30(16-17-30)25-7-2-1-3-8-25/h1-15,20H,16-18H2,(H,32,34). The van der Waals surface area contributed by atoms with Crippen LogP contribution in [0.4, 0.5) is 11.6 Å². The predicted molar refractivity (Wildman–Crippen MR) is 139 cm³/mol. The Morgan fingerprint density at radius 2 is 1.64 bits per heavy atom. The van der Waals surface area contributed by atoms with Crippen LogP contribution < -0.4 is 5.32 Å². The van der Waals surface area contributed by atoms with Gasteiger partial charge in [0.05, 0.1) is 16.7 Å². The van der Waals surface area contributed by atoms with Crippen LogP contribution in [0.2, 0.25) is 0 Å². The summed E-state index contributed by atoms with van der Waals surface area (Å²) < 4.78 is 1.72. The molecule has 6 heteroatoms. The number of pyridine rings is 1. The molecule has 0 radical (unpaired) electrons. The topological polar surface area (TPSA) is 83.1 Å². The third-order valence-electron chi connectivity index (χ3n) is 6.89. The number of hydrogen-bond donors (Lipinski definition) is 1. The minimum Gasteiger partial charge on any atom is -0.322 e. The Labute approximate surface area is 208 Å². The normalized spacial score (nSPS) is 13.8. The van der Waals surface area contributed by atoms with E-state index in [0.29, 0.717) is 35.1 Å². The molecule has 0 atom stereocenters. The minimum atomic E-state index is -0.294. The van der Waals surface area contributed by atoms with Crippen molar-refractivity contribution in [3.63, 3.8) is 0 Å². The number of fused-ring (bicyclic) bond motifs is 1. The molecule has 0 amide bonds. The second kappa shape index (κ2) is 8.79. The van der Waals surface area contributed by atoms with Gasteiger partial charge in [0.2, 0.25) is 5.95 Å². The van der Waals surface area contributed by atoms with Crippen LogP contribution in [0.25, 0.3) is 16.8 Å². The first-order chi connectivity index (χ1) is 17.6. The summed E-state index contributed by atoms with van der Waals surface area (Å²) in [5, 5.41) is 17.0. The molecule has 6 nitrogen and oxygen atoms in total. The first kappa shape index (κ1) is 21.8. The predicted octanol–water partition coefficient (Wildman–Crippen LogP) is 5.85. The summed E-state index contributed by atoms with van der Waals surface area (Å²) in [6, 6.07) is 31.6. The highest BCUT2D eigenvalue weighted by molar-refractivity contribution is 5.94. The Kier molecular flexibility index (Phi) is 5.31. The Morgan fingerprint density at radius 3 is 2.39 bits per heavy atom. The molecule has 1 saturated carbocycles. The first-order valence-corrected chi connectivity index (χ1v) is 12.0. The molecule has 6 rings (SSSR count). The number of benzene rings is 3. The molecule has 0 spiro atoms. The summed E-state index contributed by atoms with van der Waals surface area (Å²) in [6.07, 6.45) is 4.24. The van der Waals surface area contributed by atoms with Crippen molar-refractivity contribution in [2.45, 2.75) is 24.7 Å². The highest BCUT2D eigenvalue weighted by Crippen LogP contribution is 2.49. The lowest BCUT2D eigenvalue weighted by atomic mass is 9.88. The zero-order chi connectivity index (χ0) is 24.5. The maximum Gasteiger partial charge on any atom is 0.247 e. The monoisotopic (exact) mass is 469 g/mol. The first-order valence-electron chi connectivity index (χ1n) is 12.0. The fraction of sp³-hybridized carbons (Fsp3) is 0.133. The van der Waals surface area contributed by atoms with Gasteiger partial charge in [-0.3, -0.25) is 4.79 Å². The number of nitriles is 1. The number of Topliss-reactive ketones (excluding diaryl/α,β-unsaturated/α-hetero) is 1. The van der Waals surface area contributed by atoms with E-state index in [9.17, 15) is 10.1 Å². The number of carbonyl (C=O) groups is 1. The van der Waals surface area contributed by atoms with Gasteiger partial charge < -0.3 is 5.32 Å². The molecule has 0 saturated heterocycles. The molecule has 1 N–H and O–H groups in total. The van der Waals surface area contributed by atoms with E-state index in [1.807, 2.05) is 79.0 Å². The van der Waals surface area contributed by atoms with Gasteiger partial charge in [0, 0.05) is 18.2 Å². The summed E-state index contributed by atoms with van der Waals surface area (Å²) in [5.41, 5.74) is 5.81. The molecule has 1 aliphatic carbocycles. The molecule has 1 fully saturated rings. The number of ketones is 1. The molecule has 36 heavy (non-hydrogen) atoms. The molecular formula is C30H23N5O. The Morgan fingerprint density at radius 1 is 0.917 bits per heavy atom. The average Bonchev–Trinajstić information content (AvgIpc) is 3.64. The molecule has 0 unspecified atom stereocenters. The minimum absolute atomic E-state index is 0.294. The number of para-hydroxylation sites is 1. The molecule has 2 aromatic heterocycles. The van der Waals surface area contributed by atoms with Crippen molar-refractivity contribution >= 4 is 23.1 Å². The van der Waals surface area contributed by atoms with E-state index in [0.717, 1.165) is 35.1 Å². The van der Waals surface area contributed by atoms with E-state index in [4.69, 9.17) is 0 Å². The number of rotatable bonds is 7. The SMILES string of the molecule is N#Cc1ccccc1Nc1nc2ccc(-c3ccc(CC(=O)C4(c5ccccc5)CC4)cc3)cn2n1. The van der Waals surface area contributed by atoms with Crippen LogP contribution in [0.3, 0.4) is 0 Å². The lowest BCUT2D eigenvalue weighted by molar-refractivity contribution is -0.120. The van der Waals surface area contributed by atoms with Crippen LogP contribution in [0.5, 0.6) is 0 Å². The number of carbonyl (C=O) groups excluding carboxylic acids is 1. The summed E-state index contributed by atoms with van der Waals surface area (Å²) in [7, 11) is 0. The molecule has 5 aromatic rings. The zero-order valence-electron chi connectivity index (χ0n) is 19.6. The third kappa shape index (κ3) is 4.01. The second-order valence-corrected chi connectivity index (χ2v) is 9.18. The van der Waals surface area contributed by atoms with E-state index in [1.54, 1.807) is 10.6 Å². The van der Waals surface area contributed by atoms with Gasteiger partial charge in [-0.2, -0.15) is 10.2 Å². The fourth-order valence-corrected chi connectivity index (χ4v) is 4.70. The average molecular weight is 470 g/mol. The quantitative estimate of drug-likeness (QED) is 0.323.